The van der Waals surface area contributed by atoms with Crippen molar-refractivity contribution in [3.05, 3.63) is 60.7 Å². The minimum Gasteiger partial charge on any atom is -0.355 e. The van der Waals surface area contributed by atoms with Gasteiger partial charge in [0.1, 0.15) is 18.0 Å². The molecule has 2 aromatic carbocycles. The quantitative estimate of drug-likeness (QED) is 0.606. The topological polar surface area (TPSA) is 57.7 Å². The number of anilines is 1. The van der Waals surface area contributed by atoms with Gasteiger partial charge >= 0.3 is 0 Å². The summed E-state index contributed by atoms with van der Waals surface area (Å²) in [5, 5.41) is 1.12. The molecule has 25 heavy (non-hydrogen) atoms. The lowest BCUT2D eigenvalue weighted by Crippen LogP contribution is -2.35. The van der Waals surface area contributed by atoms with Crippen LogP contribution in [0.4, 0.5) is 5.82 Å². The predicted octanol–water partition coefficient (Wildman–Crippen LogP) is 3.89. The Balaban J connectivity index is 1.49. The van der Waals surface area contributed by atoms with Crippen LogP contribution in [0.25, 0.3) is 21.9 Å². The van der Waals surface area contributed by atoms with Crippen molar-refractivity contribution in [1.29, 1.82) is 0 Å². The number of para-hydroxylation sites is 3. The first-order chi connectivity index (χ1) is 12.4. The molecule has 5 heteroatoms. The fraction of sp³-hybridized carbons (Fsp3) is 0.250. The highest BCUT2D eigenvalue weighted by Gasteiger charge is 2.25. The number of benzene rings is 2. The van der Waals surface area contributed by atoms with Gasteiger partial charge in [-0.1, -0.05) is 24.3 Å². The Morgan fingerprint density at radius 1 is 0.960 bits per heavy atom. The number of piperidine rings is 1. The maximum atomic E-state index is 4.81. The predicted molar refractivity (Wildman–Crippen MR) is 99.8 cm³/mol. The summed E-state index contributed by atoms with van der Waals surface area (Å²) in [5.41, 5.74) is 3.16. The highest BCUT2D eigenvalue weighted by Crippen LogP contribution is 2.31. The number of hydrogen-bond acceptors (Lipinski definition) is 4. The first-order valence-electron chi connectivity index (χ1n) is 8.78. The summed E-state index contributed by atoms with van der Waals surface area (Å²) in [5.74, 6) is 2.52. The first kappa shape index (κ1) is 14.4. The number of nitrogens with zero attached hydrogens (tertiary/aromatic N) is 4. The number of nitrogens with one attached hydrogen (secondary N) is 1. The van der Waals surface area contributed by atoms with Crippen LogP contribution in [0.1, 0.15) is 24.6 Å². The highest BCUT2D eigenvalue weighted by molar-refractivity contribution is 5.89. The molecule has 5 rings (SSSR count). The van der Waals surface area contributed by atoms with Crippen LogP contribution in [0.2, 0.25) is 0 Å². The van der Waals surface area contributed by atoms with Gasteiger partial charge in [-0.05, 0) is 37.1 Å². The van der Waals surface area contributed by atoms with Gasteiger partial charge in [0.25, 0.3) is 0 Å². The molecule has 5 nitrogen and oxygen atoms in total. The van der Waals surface area contributed by atoms with Crippen LogP contribution in [0.3, 0.4) is 0 Å². The summed E-state index contributed by atoms with van der Waals surface area (Å²) in [6.07, 6.45) is 3.96. The molecule has 4 aromatic rings. The number of H-pyrrole nitrogens is 1. The van der Waals surface area contributed by atoms with Crippen molar-refractivity contribution in [2.75, 3.05) is 18.0 Å². The average molecular weight is 329 g/mol. The van der Waals surface area contributed by atoms with Crippen LogP contribution in [0.15, 0.2) is 54.9 Å². The minimum atomic E-state index is 0.398. The number of aromatic amines is 1. The zero-order valence-electron chi connectivity index (χ0n) is 13.9. The van der Waals surface area contributed by atoms with E-state index < -0.39 is 0 Å². The van der Waals surface area contributed by atoms with Crippen molar-refractivity contribution in [3.8, 4) is 0 Å². The molecule has 3 heterocycles. The lowest BCUT2D eigenvalue weighted by molar-refractivity contribution is 0.493. The average Bonchev–Trinajstić information content (AvgIpc) is 3.12. The van der Waals surface area contributed by atoms with E-state index in [-0.39, 0.29) is 0 Å². The molecule has 2 aromatic heterocycles. The number of fused-ring (bicyclic) bond motifs is 2. The number of aromatic nitrogens is 4. The third-order valence-corrected chi connectivity index (χ3v) is 5.04. The Morgan fingerprint density at radius 3 is 2.72 bits per heavy atom. The van der Waals surface area contributed by atoms with Crippen LogP contribution >= 0.6 is 0 Å². The van der Waals surface area contributed by atoms with Gasteiger partial charge in [-0.3, -0.25) is 0 Å². The lowest BCUT2D eigenvalue weighted by atomic mass is 9.97. The summed E-state index contributed by atoms with van der Waals surface area (Å²) >= 11 is 0. The van der Waals surface area contributed by atoms with Gasteiger partial charge in [0, 0.05) is 24.4 Å². The van der Waals surface area contributed by atoms with Crippen LogP contribution in [0, 0.1) is 0 Å². The van der Waals surface area contributed by atoms with Gasteiger partial charge in [0.05, 0.1) is 16.6 Å². The zero-order valence-corrected chi connectivity index (χ0v) is 13.9. The van der Waals surface area contributed by atoms with Crippen molar-refractivity contribution in [3.63, 3.8) is 0 Å². The van der Waals surface area contributed by atoms with Crippen molar-refractivity contribution in [2.24, 2.45) is 0 Å². The Kier molecular flexibility index (Phi) is 3.37. The first-order valence-corrected chi connectivity index (χ1v) is 8.78. The third-order valence-electron chi connectivity index (χ3n) is 5.04. The van der Waals surface area contributed by atoms with Crippen LogP contribution in [-0.2, 0) is 0 Å². The maximum absolute atomic E-state index is 4.81. The Hall–Kier alpha value is -2.95. The van der Waals surface area contributed by atoms with Crippen molar-refractivity contribution < 1.29 is 0 Å². The van der Waals surface area contributed by atoms with Crippen molar-refractivity contribution >= 4 is 27.8 Å². The summed E-state index contributed by atoms with van der Waals surface area (Å²) in [7, 11) is 0. The summed E-state index contributed by atoms with van der Waals surface area (Å²) < 4.78 is 0. The third kappa shape index (κ3) is 2.52. The largest absolute Gasteiger partial charge is 0.355 e. The molecule has 124 valence electrons. The van der Waals surface area contributed by atoms with E-state index >= 15 is 0 Å². The maximum Gasteiger partial charge on any atom is 0.139 e. The van der Waals surface area contributed by atoms with Gasteiger partial charge < -0.3 is 9.88 Å². The van der Waals surface area contributed by atoms with E-state index in [9.17, 15) is 0 Å². The Labute approximate surface area is 145 Å². The fourth-order valence-corrected chi connectivity index (χ4v) is 3.80. The minimum absolute atomic E-state index is 0.398. The summed E-state index contributed by atoms with van der Waals surface area (Å²) in [6.45, 7) is 1.96. The van der Waals surface area contributed by atoms with Crippen molar-refractivity contribution in [1.82, 2.24) is 19.9 Å². The molecule has 0 bridgehead atoms. The molecule has 1 saturated heterocycles. The molecule has 0 aliphatic carbocycles. The fourth-order valence-electron chi connectivity index (χ4n) is 3.80. The number of hydrogen-bond donors (Lipinski definition) is 1. The van der Waals surface area contributed by atoms with Gasteiger partial charge in [-0.2, -0.15) is 0 Å². The zero-order chi connectivity index (χ0) is 16.6. The van der Waals surface area contributed by atoms with Crippen LogP contribution in [0.5, 0.6) is 0 Å². The van der Waals surface area contributed by atoms with Crippen molar-refractivity contribution in [2.45, 2.75) is 18.8 Å². The van der Waals surface area contributed by atoms with Crippen LogP contribution in [-0.4, -0.2) is 33.0 Å². The van der Waals surface area contributed by atoms with Gasteiger partial charge in [0.2, 0.25) is 0 Å². The standard InChI is InChI=1S/C20H19N5/c1-2-8-16-15(7-1)20(22-13-21-16)25-11-5-6-14(12-25)19-23-17-9-3-4-10-18(17)24-19/h1-4,7-10,13-14H,5-6,11-12H2,(H,23,24)/t14-/m0/s1. The molecule has 0 radical (unpaired) electrons. The smallest absolute Gasteiger partial charge is 0.139 e. The molecule has 0 amide bonds. The van der Waals surface area contributed by atoms with E-state index in [1.807, 2.05) is 24.3 Å². The van der Waals surface area contributed by atoms with Gasteiger partial charge in [-0.15, -0.1) is 0 Å². The van der Waals surface area contributed by atoms with E-state index in [0.29, 0.717) is 5.92 Å². The Bertz CT molecular complexity index is 1000. The van der Waals surface area contributed by atoms with Crippen LogP contribution < -0.4 is 4.90 Å². The van der Waals surface area contributed by atoms with Gasteiger partial charge in [0.15, 0.2) is 0 Å². The molecule has 0 unspecified atom stereocenters. The summed E-state index contributed by atoms with van der Waals surface area (Å²) in [4.78, 5) is 19.7. The second-order valence-corrected chi connectivity index (χ2v) is 6.64. The SMILES string of the molecule is c1ccc2[nH]c([C@H]3CCCN(c4ncnc5ccccc45)C3)nc2c1. The molecule has 1 fully saturated rings. The van der Waals surface area contributed by atoms with E-state index in [1.54, 1.807) is 6.33 Å². The normalized spacial score (nSPS) is 18.1. The van der Waals surface area contributed by atoms with E-state index in [1.165, 1.54) is 0 Å². The van der Waals surface area contributed by atoms with E-state index in [2.05, 4.69) is 44.1 Å². The molecule has 0 saturated carbocycles. The van der Waals surface area contributed by atoms with E-state index in [0.717, 1.165) is 59.5 Å². The molecular formula is C20H19N5. The van der Waals surface area contributed by atoms with Gasteiger partial charge in [-0.25, -0.2) is 15.0 Å². The second-order valence-electron chi connectivity index (χ2n) is 6.64. The lowest BCUT2D eigenvalue weighted by Gasteiger charge is -2.33. The second kappa shape index (κ2) is 5.84. The molecule has 1 aliphatic rings. The molecule has 1 N–H and O–H groups in total. The molecule has 1 aliphatic heterocycles. The molecular weight excluding hydrogens is 310 g/mol. The molecule has 0 spiro atoms. The number of imidazole rings is 1. The number of rotatable bonds is 2. The Morgan fingerprint density at radius 2 is 1.80 bits per heavy atom. The van der Waals surface area contributed by atoms with E-state index in [4.69, 9.17) is 4.98 Å². The molecule has 1 atom stereocenters. The highest BCUT2D eigenvalue weighted by atomic mass is 15.2. The monoisotopic (exact) mass is 329 g/mol. The summed E-state index contributed by atoms with van der Waals surface area (Å²) in [6, 6.07) is 16.5.